The third-order valence-electron chi connectivity index (χ3n) is 6.90. The molecule has 1 aliphatic rings. The Kier molecular flexibility index (Phi) is 6.57. The van der Waals surface area contributed by atoms with Crippen LogP contribution >= 0.6 is 0 Å². The predicted octanol–water partition coefficient (Wildman–Crippen LogP) is 5.32. The van der Waals surface area contributed by atoms with Crippen LogP contribution < -0.4 is 5.32 Å². The molecule has 0 spiro atoms. The number of anilines is 1. The largest absolute Gasteiger partial charge is 0.433 e. The number of nitrogens with one attached hydrogen (secondary N) is 1. The van der Waals surface area contributed by atoms with Crippen molar-refractivity contribution in [2.75, 3.05) is 25.0 Å². The summed E-state index contributed by atoms with van der Waals surface area (Å²) in [6.07, 6.45) is -1.36. The van der Waals surface area contributed by atoms with Gasteiger partial charge in [0.1, 0.15) is 11.5 Å². The van der Waals surface area contributed by atoms with Crippen molar-refractivity contribution in [3.05, 3.63) is 71.8 Å². The van der Waals surface area contributed by atoms with E-state index in [1.54, 1.807) is 16.9 Å². The number of rotatable bonds is 5. The molecule has 1 fully saturated rings. The molecule has 0 aliphatic carbocycles. The van der Waals surface area contributed by atoms with Crippen molar-refractivity contribution in [1.82, 2.24) is 24.6 Å². The van der Waals surface area contributed by atoms with Crippen molar-refractivity contribution in [3.8, 4) is 11.1 Å². The molecule has 0 radical (unpaired) electrons. The molecule has 3 aromatic heterocycles. The highest BCUT2D eigenvalue weighted by Gasteiger charge is 2.33. The van der Waals surface area contributed by atoms with Gasteiger partial charge in [-0.05, 0) is 49.4 Å². The lowest BCUT2D eigenvalue weighted by atomic mass is 9.96. The number of pyridine rings is 2. The summed E-state index contributed by atoms with van der Waals surface area (Å²) in [5.74, 6) is 0.728. The number of likely N-dealkylation sites (tertiary alicyclic amines) is 1. The number of halogens is 3. The Hall–Kier alpha value is -3.95. The number of fused-ring (bicyclic) bond motifs is 1. The highest BCUT2D eigenvalue weighted by molar-refractivity contribution is 5.99. The van der Waals surface area contributed by atoms with Gasteiger partial charge < -0.3 is 10.2 Å². The molecule has 5 rings (SSSR count). The maximum Gasteiger partial charge on any atom is 0.433 e. The summed E-state index contributed by atoms with van der Waals surface area (Å²) in [7, 11) is 1.81. The zero-order valence-electron chi connectivity index (χ0n) is 20.6. The molecule has 0 bridgehead atoms. The molecule has 0 unspecified atom stereocenters. The molecule has 4 aromatic rings. The van der Waals surface area contributed by atoms with Crippen molar-refractivity contribution in [2.45, 2.75) is 25.9 Å². The zero-order valence-corrected chi connectivity index (χ0v) is 20.6. The summed E-state index contributed by atoms with van der Waals surface area (Å²) in [4.78, 5) is 23.1. The predicted molar refractivity (Wildman–Crippen MR) is 135 cm³/mol. The molecule has 1 aliphatic heterocycles. The minimum Gasteiger partial charge on any atom is -0.369 e. The average Bonchev–Trinajstić information content (AvgIpc) is 3.24. The van der Waals surface area contributed by atoms with Gasteiger partial charge in [-0.15, -0.1) is 0 Å². The summed E-state index contributed by atoms with van der Waals surface area (Å²) in [5.41, 5.74) is 2.00. The van der Waals surface area contributed by atoms with Gasteiger partial charge in [-0.3, -0.25) is 9.48 Å². The lowest BCUT2D eigenvalue weighted by Gasteiger charge is -2.31. The van der Waals surface area contributed by atoms with Gasteiger partial charge in [-0.2, -0.15) is 18.3 Å². The van der Waals surface area contributed by atoms with E-state index in [9.17, 15) is 18.0 Å². The fourth-order valence-electron chi connectivity index (χ4n) is 4.65. The SMILES string of the molecule is Cc1cc(C(=O)N2CCC(CNc3ncc(-c4ccccc4)c4nc(C(F)(F)F)ccc34)CC2)nn1C. The number of alkyl halides is 3. The van der Waals surface area contributed by atoms with Crippen LogP contribution in [0.2, 0.25) is 0 Å². The number of carbonyl (C=O) groups is 1. The summed E-state index contributed by atoms with van der Waals surface area (Å²) < 4.78 is 42.0. The van der Waals surface area contributed by atoms with Crippen LogP contribution in [0.15, 0.2) is 54.7 Å². The van der Waals surface area contributed by atoms with Crippen LogP contribution in [0.1, 0.15) is 34.7 Å². The van der Waals surface area contributed by atoms with Crippen molar-refractivity contribution in [3.63, 3.8) is 0 Å². The lowest BCUT2D eigenvalue weighted by molar-refractivity contribution is -0.140. The monoisotopic (exact) mass is 508 g/mol. The number of hydrogen-bond donors (Lipinski definition) is 1. The Morgan fingerprint density at radius 3 is 2.49 bits per heavy atom. The van der Waals surface area contributed by atoms with Gasteiger partial charge in [-0.25, -0.2) is 9.97 Å². The van der Waals surface area contributed by atoms with Gasteiger partial charge in [0, 0.05) is 49.5 Å². The number of carbonyl (C=O) groups excluding carboxylic acids is 1. The zero-order chi connectivity index (χ0) is 26.2. The number of hydrogen-bond acceptors (Lipinski definition) is 5. The molecule has 1 amide bonds. The molecule has 37 heavy (non-hydrogen) atoms. The van der Waals surface area contributed by atoms with Crippen LogP contribution in [-0.2, 0) is 13.2 Å². The first-order valence-corrected chi connectivity index (χ1v) is 12.2. The van der Waals surface area contributed by atoms with E-state index in [1.165, 1.54) is 6.07 Å². The number of amides is 1. The van der Waals surface area contributed by atoms with Crippen LogP contribution in [0.5, 0.6) is 0 Å². The van der Waals surface area contributed by atoms with Crippen LogP contribution in [0, 0.1) is 12.8 Å². The maximum atomic E-state index is 13.4. The van der Waals surface area contributed by atoms with E-state index in [0.29, 0.717) is 48.0 Å². The van der Waals surface area contributed by atoms with Crippen LogP contribution in [0.3, 0.4) is 0 Å². The normalized spacial score (nSPS) is 14.8. The second-order valence-electron chi connectivity index (χ2n) is 9.39. The average molecular weight is 509 g/mol. The summed E-state index contributed by atoms with van der Waals surface area (Å²) in [6, 6.07) is 13.4. The molecule has 1 saturated heterocycles. The van der Waals surface area contributed by atoms with Crippen LogP contribution in [0.4, 0.5) is 19.0 Å². The Morgan fingerprint density at radius 1 is 1.11 bits per heavy atom. The summed E-state index contributed by atoms with van der Waals surface area (Å²) in [6.45, 7) is 3.75. The Labute approximate surface area is 212 Å². The molecule has 1 N–H and O–H groups in total. The Balaban J connectivity index is 1.31. The van der Waals surface area contributed by atoms with Crippen molar-refractivity contribution in [2.24, 2.45) is 13.0 Å². The first-order chi connectivity index (χ1) is 17.7. The van der Waals surface area contributed by atoms with E-state index in [1.807, 2.05) is 49.2 Å². The van der Waals surface area contributed by atoms with Gasteiger partial charge in [0.15, 0.2) is 5.69 Å². The van der Waals surface area contributed by atoms with E-state index in [0.717, 1.165) is 30.2 Å². The van der Waals surface area contributed by atoms with Crippen molar-refractivity contribution >= 4 is 22.6 Å². The number of aromatic nitrogens is 4. The smallest absolute Gasteiger partial charge is 0.369 e. The molecule has 10 heteroatoms. The number of nitrogens with zero attached hydrogens (tertiary/aromatic N) is 5. The Bertz CT molecular complexity index is 1410. The molecular formula is C27H27F3N6O. The first-order valence-electron chi connectivity index (χ1n) is 12.2. The summed E-state index contributed by atoms with van der Waals surface area (Å²) in [5, 5.41) is 8.15. The van der Waals surface area contributed by atoms with E-state index in [-0.39, 0.29) is 11.4 Å². The molecule has 4 heterocycles. The maximum absolute atomic E-state index is 13.4. The highest BCUT2D eigenvalue weighted by Crippen LogP contribution is 2.35. The lowest BCUT2D eigenvalue weighted by Crippen LogP contribution is -2.40. The van der Waals surface area contributed by atoms with Gasteiger partial charge in [0.05, 0.1) is 5.52 Å². The second-order valence-corrected chi connectivity index (χ2v) is 9.39. The minimum atomic E-state index is -4.54. The van der Waals surface area contributed by atoms with E-state index >= 15 is 0 Å². The third kappa shape index (κ3) is 5.14. The van der Waals surface area contributed by atoms with Crippen molar-refractivity contribution < 1.29 is 18.0 Å². The first kappa shape index (κ1) is 24.7. The summed E-state index contributed by atoms with van der Waals surface area (Å²) >= 11 is 0. The fraction of sp³-hybridized carbons (Fsp3) is 0.333. The molecule has 192 valence electrons. The quantitative estimate of drug-likeness (QED) is 0.395. The van der Waals surface area contributed by atoms with Gasteiger partial charge in [-0.1, -0.05) is 30.3 Å². The molecule has 7 nitrogen and oxygen atoms in total. The highest BCUT2D eigenvalue weighted by atomic mass is 19.4. The van der Waals surface area contributed by atoms with Crippen LogP contribution in [-0.4, -0.2) is 50.2 Å². The fourth-order valence-corrected chi connectivity index (χ4v) is 4.65. The van der Waals surface area contributed by atoms with Gasteiger partial charge in [0.25, 0.3) is 5.91 Å². The van der Waals surface area contributed by atoms with Gasteiger partial charge in [0.2, 0.25) is 0 Å². The second kappa shape index (κ2) is 9.84. The number of aryl methyl sites for hydroxylation is 2. The third-order valence-corrected chi connectivity index (χ3v) is 6.90. The number of piperidine rings is 1. The minimum absolute atomic E-state index is 0.0641. The topological polar surface area (TPSA) is 75.9 Å². The molecule has 0 saturated carbocycles. The molecular weight excluding hydrogens is 481 g/mol. The van der Waals surface area contributed by atoms with Crippen molar-refractivity contribution in [1.29, 1.82) is 0 Å². The number of benzene rings is 1. The molecule has 1 aromatic carbocycles. The van der Waals surface area contributed by atoms with Gasteiger partial charge >= 0.3 is 6.18 Å². The van der Waals surface area contributed by atoms with E-state index < -0.39 is 11.9 Å². The van der Waals surface area contributed by atoms with Crippen LogP contribution in [0.25, 0.3) is 22.0 Å². The van der Waals surface area contributed by atoms with E-state index in [4.69, 9.17) is 0 Å². The molecule has 0 atom stereocenters. The standard InChI is InChI=1S/C27H27F3N6O/c1-17-14-22(34-35(17)2)26(37)36-12-10-18(11-13-36)15-31-25-20-8-9-23(27(28,29)30)33-24(20)21(16-32-25)19-6-4-3-5-7-19/h3-9,14,16,18H,10-13,15H2,1-2H3,(H,31,32). The van der Waals surface area contributed by atoms with E-state index in [2.05, 4.69) is 20.4 Å². The Morgan fingerprint density at radius 2 is 1.84 bits per heavy atom.